The Morgan fingerprint density at radius 2 is 1.89 bits per heavy atom. The quantitative estimate of drug-likeness (QED) is 0.812. The first kappa shape index (κ1) is 13.9. The molecule has 2 saturated carbocycles. The molecule has 0 bridgehead atoms. The van der Waals surface area contributed by atoms with E-state index in [-0.39, 0.29) is 5.92 Å². The lowest BCUT2D eigenvalue weighted by molar-refractivity contribution is -0.143. The molecule has 2 aliphatic carbocycles. The highest BCUT2D eigenvalue weighted by Crippen LogP contribution is 2.31. The van der Waals surface area contributed by atoms with Crippen molar-refractivity contribution in [1.82, 2.24) is 5.32 Å². The van der Waals surface area contributed by atoms with Gasteiger partial charge in [0.25, 0.3) is 0 Å². The molecule has 5 unspecified atom stereocenters. The summed E-state index contributed by atoms with van der Waals surface area (Å²) in [6.45, 7) is 4.67. The number of carbonyl (C=O) groups is 1. The first-order valence-electron chi connectivity index (χ1n) is 7.55. The van der Waals surface area contributed by atoms with Crippen LogP contribution in [0.1, 0.15) is 58.8 Å². The molecule has 0 aromatic heterocycles. The minimum absolute atomic E-state index is 0.118. The van der Waals surface area contributed by atoms with Gasteiger partial charge < -0.3 is 10.4 Å². The molecule has 0 aliphatic heterocycles. The highest BCUT2D eigenvalue weighted by atomic mass is 16.4. The Morgan fingerprint density at radius 1 is 1.11 bits per heavy atom. The Hall–Kier alpha value is -0.570. The summed E-state index contributed by atoms with van der Waals surface area (Å²) in [7, 11) is 0. The molecular weight excluding hydrogens is 226 g/mol. The van der Waals surface area contributed by atoms with Crippen LogP contribution in [-0.2, 0) is 4.79 Å². The highest BCUT2D eigenvalue weighted by molar-refractivity contribution is 5.70. The van der Waals surface area contributed by atoms with Gasteiger partial charge >= 0.3 is 5.97 Å². The predicted molar refractivity (Wildman–Crippen MR) is 72.5 cm³/mol. The van der Waals surface area contributed by atoms with Gasteiger partial charge in [-0.25, -0.2) is 0 Å². The third kappa shape index (κ3) is 3.47. The molecule has 104 valence electrons. The van der Waals surface area contributed by atoms with E-state index in [1.165, 1.54) is 19.3 Å². The molecule has 0 spiro atoms. The molecule has 3 heteroatoms. The van der Waals surface area contributed by atoms with E-state index in [0.717, 1.165) is 37.5 Å². The first-order valence-corrected chi connectivity index (χ1v) is 7.55. The standard InChI is InChI=1S/C15H27NO2/c1-10-6-7-11(2)14(8-10)16-13-5-3-4-12(9-13)15(17)18/h10-14,16H,3-9H2,1-2H3,(H,17,18). The van der Waals surface area contributed by atoms with Crippen LogP contribution in [0.5, 0.6) is 0 Å². The van der Waals surface area contributed by atoms with Gasteiger partial charge in [-0.2, -0.15) is 0 Å². The second-order valence-corrected chi connectivity index (χ2v) is 6.57. The smallest absolute Gasteiger partial charge is 0.306 e. The predicted octanol–water partition coefficient (Wildman–Crippen LogP) is 3.04. The summed E-state index contributed by atoms with van der Waals surface area (Å²) in [4.78, 5) is 11.1. The summed E-state index contributed by atoms with van der Waals surface area (Å²) < 4.78 is 0. The highest BCUT2D eigenvalue weighted by Gasteiger charge is 2.31. The van der Waals surface area contributed by atoms with Crippen molar-refractivity contribution >= 4 is 5.97 Å². The molecule has 2 aliphatic rings. The van der Waals surface area contributed by atoms with Crippen molar-refractivity contribution in [2.75, 3.05) is 0 Å². The molecule has 18 heavy (non-hydrogen) atoms. The van der Waals surface area contributed by atoms with Gasteiger partial charge in [0.05, 0.1) is 5.92 Å². The third-order valence-electron chi connectivity index (χ3n) is 4.93. The SMILES string of the molecule is CC1CCC(C)C(NC2CCCC(C(=O)O)C2)C1. The second-order valence-electron chi connectivity index (χ2n) is 6.57. The molecule has 2 rings (SSSR count). The van der Waals surface area contributed by atoms with Gasteiger partial charge in [-0.3, -0.25) is 4.79 Å². The lowest BCUT2D eigenvalue weighted by atomic mass is 9.78. The van der Waals surface area contributed by atoms with Gasteiger partial charge in [0.15, 0.2) is 0 Å². The molecule has 0 aromatic carbocycles. The van der Waals surface area contributed by atoms with Crippen molar-refractivity contribution in [2.24, 2.45) is 17.8 Å². The number of nitrogens with one attached hydrogen (secondary N) is 1. The molecule has 0 saturated heterocycles. The monoisotopic (exact) mass is 253 g/mol. The Labute approximate surface area is 110 Å². The lowest BCUT2D eigenvalue weighted by Gasteiger charge is -2.38. The van der Waals surface area contributed by atoms with Gasteiger partial charge in [0, 0.05) is 12.1 Å². The van der Waals surface area contributed by atoms with Crippen LogP contribution in [0.4, 0.5) is 0 Å². The van der Waals surface area contributed by atoms with Gasteiger partial charge in [-0.1, -0.05) is 26.7 Å². The zero-order chi connectivity index (χ0) is 13.1. The zero-order valence-corrected chi connectivity index (χ0v) is 11.7. The van der Waals surface area contributed by atoms with Gasteiger partial charge in [-0.05, 0) is 43.9 Å². The Bertz CT molecular complexity index is 292. The van der Waals surface area contributed by atoms with Crippen molar-refractivity contribution in [3.05, 3.63) is 0 Å². The lowest BCUT2D eigenvalue weighted by Crippen LogP contribution is -2.47. The number of hydrogen-bond acceptors (Lipinski definition) is 2. The van der Waals surface area contributed by atoms with E-state index in [0.29, 0.717) is 12.1 Å². The molecule has 0 amide bonds. The molecule has 3 nitrogen and oxygen atoms in total. The fraction of sp³-hybridized carbons (Fsp3) is 0.933. The van der Waals surface area contributed by atoms with E-state index in [1.54, 1.807) is 0 Å². The van der Waals surface area contributed by atoms with Crippen LogP contribution in [-0.4, -0.2) is 23.2 Å². The van der Waals surface area contributed by atoms with Gasteiger partial charge in [0.1, 0.15) is 0 Å². The molecule has 5 atom stereocenters. The molecule has 2 N–H and O–H groups in total. The Balaban J connectivity index is 1.86. The van der Waals surface area contributed by atoms with E-state index in [4.69, 9.17) is 5.11 Å². The number of hydrogen-bond donors (Lipinski definition) is 2. The summed E-state index contributed by atoms with van der Waals surface area (Å²) in [5.74, 6) is 0.836. The van der Waals surface area contributed by atoms with E-state index in [9.17, 15) is 4.79 Å². The normalized spacial score (nSPS) is 41.6. The maximum Gasteiger partial charge on any atom is 0.306 e. The van der Waals surface area contributed by atoms with Crippen LogP contribution in [0.25, 0.3) is 0 Å². The van der Waals surface area contributed by atoms with Crippen LogP contribution >= 0.6 is 0 Å². The molecular formula is C15H27NO2. The Morgan fingerprint density at radius 3 is 2.61 bits per heavy atom. The summed E-state index contributed by atoms with van der Waals surface area (Å²) in [5.41, 5.74) is 0. The fourth-order valence-corrected chi connectivity index (χ4v) is 3.63. The van der Waals surface area contributed by atoms with Gasteiger partial charge in [0.2, 0.25) is 0 Å². The van der Waals surface area contributed by atoms with E-state index in [1.807, 2.05) is 0 Å². The number of carboxylic acid groups (broad SMARTS) is 1. The van der Waals surface area contributed by atoms with E-state index in [2.05, 4.69) is 19.2 Å². The minimum atomic E-state index is -0.605. The third-order valence-corrected chi connectivity index (χ3v) is 4.93. The summed E-state index contributed by atoms with van der Waals surface area (Å²) in [6.07, 6.45) is 7.83. The first-order chi connectivity index (χ1) is 8.56. The van der Waals surface area contributed by atoms with Crippen molar-refractivity contribution < 1.29 is 9.90 Å². The number of rotatable bonds is 3. The fourth-order valence-electron chi connectivity index (χ4n) is 3.63. The minimum Gasteiger partial charge on any atom is -0.481 e. The van der Waals surface area contributed by atoms with Crippen LogP contribution in [0.2, 0.25) is 0 Å². The van der Waals surface area contributed by atoms with Crippen LogP contribution in [0.3, 0.4) is 0 Å². The largest absolute Gasteiger partial charge is 0.481 e. The maximum absolute atomic E-state index is 11.1. The average molecular weight is 253 g/mol. The van der Waals surface area contributed by atoms with Crippen LogP contribution in [0.15, 0.2) is 0 Å². The Kier molecular flexibility index (Phi) is 4.66. The second kappa shape index (κ2) is 6.05. The maximum atomic E-state index is 11.1. The van der Waals surface area contributed by atoms with Crippen molar-refractivity contribution in [3.63, 3.8) is 0 Å². The zero-order valence-electron chi connectivity index (χ0n) is 11.7. The van der Waals surface area contributed by atoms with E-state index >= 15 is 0 Å². The average Bonchev–Trinajstić information content (AvgIpc) is 2.34. The summed E-state index contributed by atoms with van der Waals surface area (Å²) in [6, 6.07) is 1.03. The topological polar surface area (TPSA) is 49.3 Å². The van der Waals surface area contributed by atoms with Crippen molar-refractivity contribution in [3.8, 4) is 0 Å². The van der Waals surface area contributed by atoms with E-state index < -0.39 is 5.97 Å². The number of aliphatic carboxylic acids is 1. The summed E-state index contributed by atoms with van der Waals surface area (Å²) >= 11 is 0. The molecule has 2 fully saturated rings. The van der Waals surface area contributed by atoms with Crippen molar-refractivity contribution in [1.29, 1.82) is 0 Å². The molecule has 0 heterocycles. The molecule has 0 aromatic rings. The molecule has 0 radical (unpaired) electrons. The number of carboxylic acids is 1. The summed E-state index contributed by atoms with van der Waals surface area (Å²) in [5, 5.41) is 12.9. The van der Waals surface area contributed by atoms with Gasteiger partial charge in [-0.15, -0.1) is 0 Å². The van der Waals surface area contributed by atoms with Crippen LogP contribution < -0.4 is 5.32 Å². The van der Waals surface area contributed by atoms with Crippen molar-refractivity contribution in [2.45, 2.75) is 70.9 Å². The van der Waals surface area contributed by atoms with Crippen LogP contribution in [0, 0.1) is 17.8 Å².